The standard InChI is InChI=1S/C23H18N4O6S/c1-3-33-23(30)16-9-15(10-17(11-16)27(31)32)20(28)25-26-12-24-21-19(22(26)29)18(13(2)34-21)14-7-5-4-6-8-14/h4-12H,3H2,1-2H3,(H,25,28). The summed E-state index contributed by atoms with van der Waals surface area (Å²) in [6.45, 7) is 3.54. The summed E-state index contributed by atoms with van der Waals surface area (Å²) in [4.78, 5) is 54.5. The fourth-order valence-electron chi connectivity index (χ4n) is 3.49. The number of aromatic nitrogens is 2. The van der Waals surface area contributed by atoms with Gasteiger partial charge < -0.3 is 4.74 Å². The number of esters is 1. The van der Waals surface area contributed by atoms with E-state index < -0.39 is 28.0 Å². The van der Waals surface area contributed by atoms with Gasteiger partial charge in [0.25, 0.3) is 17.2 Å². The van der Waals surface area contributed by atoms with E-state index in [0.717, 1.165) is 32.8 Å². The highest BCUT2D eigenvalue weighted by Gasteiger charge is 2.21. The van der Waals surface area contributed by atoms with E-state index in [4.69, 9.17) is 4.74 Å². The Morgan fingerprint density at radius 2 is 1.88 bits per heavy atom. The number of fused-ring (bicyclic) bond motifs is 1. The molecule has 2 aromatic carbocycles. The number of ether oxygens (including phenoxy) is 1. The van der Waals surface area contributed by atoms with Crippen LogP contribution in [0.25, 0.3) is 21.3 Å². The summed E-state index contributed by atoms with van der Waals surface area (Å²) in [6, 6.07) is 12.5. The normalized spacial score (nSPS) is 10.8. The summed E-state index contributed by atoms with van der Waals surface area (Å²) < 4.78 is 5.81. The molecule has 2 aromatic heterocycles. The Morgan fingerprint density at radius 3 is 2.56 bits per heavy atom. The zero-order valence-electron chi connectivity index (χ0n) is 18.1. The number of non-ortho nitro benzene ring substituents is 1. The number of nitrogens with zero attached hydrogens (tertiary/aromatic N) is 3. The van der Waals surface area contributed by atoms with Gasteiger partial charge in [0.2, 0.25) is 0 Å². The lowest BCUT2D eigenvalue weighted by molar-refractivity contribution is -0.384. The molecule has 0 spiro atoms. The Labute approximate surface area is 196 Å². The average molecular weight is 478 g/mol. The van der Waals surface area contributed by atoms with Crippen LogP contribution in [0.4, 0.5) is 5.69 Å². The fraction of sp³-hybridized carbons (Fsp3) is 0.130. The molecule has 34 heavy (non-hydrogen) atoms. The Hall–Kier alpha value is -4.38. The number of benzene rings is 2. The van der Waals surface area contributed by atoms with Crippen LogP contribution in [0.15, 0.2) is 59.7 Å². The molecule has 172 valence electrons. The van der Waals surface area contributed by atoms with E-state index >= 15 is 0 Å². The van der Waals surface area contributed by atoms with E-state index in [1.165, 1.54) is 23.7 Å². The largest absolute Gasteiger partial charge is 0.462 e. The number of aryl methyl sites for hydroxylation is 1. The maximum atomic E-state index is 13.3. The van der Waals surface area contributed by atoms with Crippen molar-refractivity contribution in [2.24, 2.45) is 0 Å². The molecule has 0 fully saturated rings. The molecular formula is C23H18N4O6S. The van der Waals surface area contributed by atoms with Gasteiger partial charge in [-0.25, -0.2) is 14.5 Å². The van der Waals surface area contributed by atoms with Crippen molar-refractivity contribution in [3.8, 4) is 11.1 Å². The summed E-state index contributed by atoms with van der Waals surface area (Å²) in [5.74, 6) is -1.63. The van der Waals surface area contributed by atoms with Crippen molar-refractivity contribution in [2.45, 2.75) is 13.8 Å². The van der Waals surface area contributed by atoms with Crippen molar-refractivity contribution in [1.82, 2.24) is 9.66 Å². The van der Waals surface area contributed by atoms with Gasteiger partial charge in [-0.2, -0.15) is 0 Å². The molecule has 2 heterocycles. The predicted octanol–water partition coefficient (Wildman–Crippen LogP) is 3.90. The summed E-state index contributed by atoms with van der Waals surface area (Å²) in [5, 5.41) is 11.6. The number of amides is 1. The molecule has 4 aromatic rings. The van der Waals surface area contributed by atoms with E-state index in [1.807, 2.05) is 37.3 Å². The van der Waals surface area contributed by atoms with Crippen LogP contribution >= 0.6 is 11.3 Å². The molecule has 11 heteroatoms. The van der Waals surface area contributed by atoms with Gasteiger partial charge >= 0.3 is 5.97 Å². The van der Waals surface area contributed by atoms with Crippen LogP contribution < -0.4 is 11.0 Å². The Balaban J connectivity index is 1.76. The maximum Gasteiger partial charge on any atom is 0.338 e. The van der Waals surface area contributed by atoms with E-state index in [0.29, 0.717) is 10.2 Å². The minimum Gasteiger partial charge on any atom is -0.462 e. The second-order valence-electron chi connectivity index (χ2n) is 7.19. The molecule has 0 saturated heterocycles. The monoisotopic (exact) mass is 478 g/mol. The quantitative estimate of drug-likeness (QED) is 0.252. The molecule has 1 amide bonds. The Bertz CT molecular complexity index is 1490. The van der Waals surface area contributed by atoms with Gasteiger partial charge in [0.1, 0.15) is 11.2 Å². The minimum atomic E-state index is -0.828. The van der Waals surface area contributed by atoms with E-state index in [2.05, 4.69) is 10.4 Å². The second kappa shape index (κ2) is 9.24. The molecule has 10 nitrogen and oxygen atoms in total. The van der Waals surface area contributed by atoms with E-state index in [9.17, 15) is 24.5 Å². The van der Waals surface area contributed by atoms with Gasteiger partial charge in [-0.3, -0.25) is 25.1 Å². The first-order valence-corrected chi connectivity index (χ1v) is 11.0. The van der Waals surface area contributed by atoms with Gasteiger partial charge in [0.15, 0.2) is 0 Å². The van der Waals surface area contributed by atoms with Crippen molar-refractivity contribution >= 4 is 39.1 Å². The highest BCUT2D eigenvalue weighted by molar-refractivity contribution is 7.19. The van der Waals surface area contributed by atoms with Crippen LogP contribution in [0.3, 0.4) is 0 Å². The van der Waals surface area contributed by atoms with Crippen LogP contribution in [0.2, 0.25) is 0 Å². The second-order valence-corrected chi connectivity index (χ2v) is 8.39. The molecular weight excluding hydrogens is 460 g/mol. The predicted molar refractivity (Wildman–Crippen MR) is 127 cm³/mol. The zero-order valence-corrected chi connectivity index (χ0v) is 18.9. The number of carbonyl (C=O) groups excluding carboxylic acids is 2. The number of carbonyl (C=O) groups is 2. The molecule has 0 unspecified atom stereocenters. The van der Waals surface area contributed by atoms with Gasteiger partial charge in [-0.05, 0) is 25.5 Å². The summed E-state index contributed by atoms with van der Waals surface area (Å²) in [7, 11) is 0. The molecule has 0 aliphatic heterocycles. The van der Waals surface area contributed by atoms with E-state index in [-0.39, 0.29) is 17.7 Å². The lowest BCUT2D eigenvalue weighted by atomic mass is 10.0. The number of nitro groups is 1. The number of hydrogen-bond donors (Lipinski definition) is 1. The first-order chi connectivity index (χ1) is 16.3. The van der Waals surface area contributed by atoms with Crippen LogP contribution in [-0.4, -0.2) is 33.1 Å². The zero-order chi connectivity index (χ0) is 24.4. The minimum absolute atomic E-state index is 0.0634. The third kappa shape index (κ3) is 4.28. The van der Waals surface area contributed by atoms with Crippen LogP contribution in [0, 0.1) is 17.0 Å². The SMILES string of the molecule is CCOC(=O)c1cc(C(=O)Nn2cnc3sc(C)c(-c4ccccc4)c3c2=O)cc([N+](=O)[O-])c1. The number of nitro benzene ring substituents is 1. The molecule has 1 N–H and O–H groups in total. The van der Waals surface area contributed by atoms with Gasteiger partial charge in [0.05, 0.1) is 22.5 Å². The lowest BCUT2D eigenvalue weighted by Crippen LogP contribution is -2.33. The summed E-state index contributed by atoms with van der Waals surface area (Å²) in [6.07, 6.45) is 1.18. The molecule has 0 aliphatic carbocycles. The van der Waals surface area contributed by atoms with Gasteiger partial charge in [0, 0.05) is 28.1 Å². The van der Waals surface area contributed by atoms with Crippen molar-refractivity contribution in [3.63, 3.8) is 0 Å². The van der Waals surface area contributed by atoms with Crippen molar-refractivity contribution in [2.75, 3.05) is 12.0 Å². The van der Waals surface area contributed by atoms with Gasteiger partial charge in [-0.15, -0.1) is 11.3 Å². The molecule has 0 bridgehead atoms. The van der Waals surface area contributed by atoms with Crippen molar-refractivity contribution < 1.29 is 19.2 Å². The third-order valence-corrected chi connectivity index (χ3v) is 5.99. The molecule has 0 aliphatic rings. The van der Waals surface area contributed by atoms with Crippen LogP contribution in [0.1, 0.15) is 32.5 Å². The van der Waals surface area contributed by atoms with E-state index in [1.54, 1.807) is 6.92 Å². The number of nitrogens with one attached hydrogen (secondary N) is 1. The van der Waals surface area contributed by atoms with Crippen LogP contribution in [-0.2, 0) is 4.74 Å². The highest BCUT2D eigenvalue weighted by atomic mass is 32.1. The van der Waals surface area contributed by atoms with Crippen molar-refractivity contribution in [3.05, 3.63) is 91.3 Å². The molecule has 4 rings (SSSR count). The van der Waals surface area contributed by atoms with Crippen LogP contribution in [0.5, 0.6) is 0 Å². The summed E-state index contributed by atoms with van der Waals surface area (Å²) in [5.41, 5.74) is 2.67. The Morgan fingerprint density at radius 1 is 1.18 bits per heavy atom. The van der Waals surface area contributed by atoms with Gasteiger partial charge in [-0.1, -0.05) is 30.3 Å². The smallest absolute Gasteiger partial charge is 0.338 e. The lowest BCUT2D eigenvalue weighted by Gasteiger charge is -2.10. The Kier molecular flexibility index (Phi) is 6.19. The van der Waals surface area contributed by atoms with Crippen molar-refractivity contribution in [1.29, 1.82) is 0 Å². The summed E-state index contributed by atoms with van der Waals surface area (Å²) >= 11 is 1.36. The first-order valence-electron chi connectivity index (χ1n) is 10.1. The number of rotatable bonds is 6. The maximum absolute atomic E-state index is 13.3. The molecule has 0 radical (unpaired) electrons. The highest BCUT2D eigenvalue weighted by Crippen LogP contribution is 2.35. The average Bonchev–Trinajstić information content (AvgIpc) is 3.17. The third-order valence-electron chi connectivity index (χ3n) is 4.98. The topological polar surface area (TPSA) is 133 Å². The number of hydrogen-bond acceptors (Lipinski definition) is 8. The first kappa shape index (κ1) is 22.8. The fourth-order valence-corrected chi connectivity index (χ4v) is 4.49. The number of thiophene rings is 1. The molecule has 0 saturated carbocycles. The molecule has 0 atom stereocenters.